The lowest BCUT2D eigenvalue weighted by molar-refractivity contribution is 0.177. The number of hydrogen-bond donors (Lipinski definition) is 1. The summed E-state index contributed by atoms with van der Waals surface area (Å²) in [6.07, 6.45) is 4.89. The maximum atomic E-state index is 5.46. The van der Waals surface area contributed by atoms with Crippen molar-refractivity contribution in [2.45, 2.75) is 19.4 Å². The van der Waals surface area contributed by atoms with Crippen molar-refractivity contribution in [1.29, 1.82) is 0 Å². The Morgan fingerprint density at radius 2 is 2.50 bits per heavy atom. The van der Waals surface area contributed by atoms with Gasteiger partial charge in [-0.1, -0.05) is 6.92 Å². The van der Waals surface area contributed by atoms with Crippen LogP contribution in [0.25, 0.3) is 0 Å². The first kappa shape index (κ1) is 12.0. The molecule has 2 heterocycles. The van der Waals surface area contributed by atoms with Crippen LogP contribution in [0.5, 0.6) is 0 Å². The monoisotopic (exact) mass is 284 g/mol. The summed E-state index contributed by atoms with van der Waals surface area (Å²) in [6, 6.07) is 2.50. The summed E-state index contributed by atoms with van der Waals surface area (Å²) in [5, 5.41) is 3.53. The van der Waals surface area contributed by atoms with E-state index in [1.165, 1.54) is 5.56 Å². The Bertz CT molecular complexity index is 340. The molecule has 1 aromatic heterocycles. The zero-order valence-corrected chi connectivity index (χ0v) is 11.0. The summed E-state index contributed by atoms with van der Waals surface area (Å²) in [5.41, 5.74) is 1.24. The lowest BCUT2D eigenvalue weighted by atomic mass is 9.93. The van der Waals surface area contributed by atoms with Crippen molar-refractivity contribution in [2.75, 3.05) is 19.8 Å². The van der Waals surface area contributed by atoms with Crippen LogP contribution in [0.1, 0.15) is 24.9 Å². The van der Waals surface area contributed by atoms with E-state index in [0.717, 1.165) is 30.7 Å². The minimum absolute atomic E-state index is 0.359. The molecule has 0 saturated carbocycles. The molecule has 88 valence electrons. The molecule has 0 amide bonds. The van der Waals surface area contributed by atoms with E-state index in [-0.39, 0.29) is 0 Å². The molecule has 2 rings (SSSR count). The molecule has 1 saturated heterocycles. The summed E-state index contributed by atoms with van der Waals surface area (Å²) >= 11 is 3.47. The number of pyridine rings is 1. The van der Waals surface area contributed by atoms with E-state index in [0.29, 0.717) is 12.0 Å². The van der Waals surface area contributed by atoms with Gasteiger partial charge in [-0.25, -0.2) is 0 Å². The molecule has 16 heavy (non-hydrogen) atoms. The Hall–Kier alpha value is -0.450. The molecule has 1 aromatic rings. The predicted molar refractivity (Wildman–Crippen MR) is 67.3 cm³/mol. The topological polar surface area (TPSA) is 34.2 Å². The summed E-state index contributed by atoms with van der Waals surface area (Å²) in [5.74, 6) is 0.566. The Kier molecular flexibility index (Phi) is 4.32. The largest absolute Gasteiger partial charge is 0.381 e. The van der Waals surface area contributed by atoms with Crippen molar-refractivity contribution in [1.82, 2.24) is 10.3 Å². The van der Waals surface area contributed by atoms with Gasteiger partial charge < -0.3 is 10.1 Å². The van der Waals surface area contributed by atoms with Crippen LogP contribution < -0.4 is 5.32 Å². The molecule has 3 nitrogen and oxygen atoms in total. The quantitative estimate of drug-likeness (QED) is 0.923. The number of halogens is 1. The second-order valence-electron chi connectivity index (χ2n) is 4.10. The Balaban J connectivity index is 2.17. The fraction of sp³-hybridized carbons (Fsp3) is 0.583. The van der Waals surface area contributed by atoms with Gasteiger partial charge in [0.05, 0.1) is 6.61 Å². The normalized spacial score (nSPS) is 22.2. The highest BCUT2D eigenvalue weighted by Crippen LogP contribution is 2.29. The molecule has 1 aliphatic rings. The minimum atomic E-state index is 0.359. The van der Waals surface area contributed by atoms with Gasteiger partial charge in [-0.2, -0.15) is 0 Å². The van der Waals surface area contributed by atoms with Crippen LogP contribution in [0.2, 0.25) is 0 Å². The van der Waals surface area contributed by atoms with Crippen molar-refractivity contribution in [3.8, 4) is 0 Å². The summed E-state index contributed by atoms with van der Waals surface area (Å²) in [4.78, 5) is 4.23. The number of nitrogens with one attached hydrogen (secondary N) is 1. The molecule has 2 unspecified atom stereocenters. The molecule has 1 aliphatic heterocycles. The maximum Gasteiger partial charge on any atom is 0.0513 e. The van der Waals surface area contributed by atoms with E-state index >= 15 is 0 Å². The van der Waals surface area contributed by atoms with E-state index in [4.69, 9.17) is 4.74 Å². The predicted octanol–water partition coefficient (Wildman–Crippen LogP) is 2.53. The fourth-order valence-corrected chi connectivity index (χ4v) is 2.57. The smallest absolute Gasteiger partial charge is 0.0513 e. The van der Waals surface area contributed by atoms with Gasteiger partial charge in [-0.05, 0) is 40.5 Å². The molecular weight excluding hydrogens is 268 g/mol. The van der Waals surface area contributed by atoms with Crippen LogP contribution in [0.15, 0.2) is 22.9 Å². The van der Waals surface area contributed by atoms with E-state index in [1.54, 1.807) is 0 Å². The highest BCUT2D eigenvalue weighted by atomic mass is 79.9. The molecule has 0 aliphatic carbocycles. The highest BCUT2D eigenvalue weighted by molar-refractivity contribution is 9.10. The Morgan fingerprint density at radius 1 is 1.62 bits per heavy atom. The zero-order chi connectivity index (χ0) is 11.4. The van der Waals surface area contributed by atoms with Crippen LogP contribution in [-0.4, -0.2) is 24.7 Å². The van der Waals surface area contributed by atoms with Gasteiger partial charge in [-0.15, -0.1) is 0 Å². The van der Waals surface area contributed by atoms with Crippen molar-refractivity contribution in [3.05, 3.63) is 28.5 Å². The average Bonchev–Trinajstić information content (AvgIpc) is 2.79. The van der Waals surface area contributed by atoms with Gasteiger partial charge in [0.2, 0.25) is 0 Å². The third-order valence-corrected chi connectivity index (χ3v) is 3.38. The molecule has 1 N–H and O–H groups in total. The van der Waals surface area contributed by atoms with Crippen LogP contribution in [0, 0.1) is 5.92 Å². The molecule has 2 atom stereocenters. The molecule has 4 heteroatoms. The molecule has 1 fully saturated rings. The number of rotatable bonds is 4. The summed E-state index contributed by atoms with van der Waals surface area (Å²) in [6.45, 7) is 4.83. The SMILES string of the molecule is CCNC(c1cncc(Br)c1)C1CCOC1. The van der Waals surface area contributed by atoms with Crippen LogP contribution in [0.4, 0.5) is 0 Å². The standard InChI is InChI=1S/C12H17BrN2O/c1-2-15-12(9-3-4-16-8-9)10-5-11(13)7-14-6-10/h5-7,9,12,15H,2-4,8H2,1H3. The van der Waals surface area contributed by atoms with Gasteiger partial charge in [0, 0.05) is 35.4 Å². The van der Waals surface area contributed by atoms with Gasteiger partial charge in [-0.3, -0.25) is 4.98 Å². The first-order chi connectivity index (χ1) is 7.81. The van der Waals surface area contributed by atoms with Crippen molar-refractivity contribution in [3.63, 3.8) is 0 Å². The molecular formula is C12H17BrN2O. The second kappa shape index (κ2) is 5.75. The first-order valence-electron chi connectivity index (χ1n) is 5.73. The van der Waals surface area contributed by atoms with Gasteiger partial charge >= 0.3 is 0 Å². The first-order valence-corrected chi connectivity index (χ1v) is 6.52. The molecule has 0 radical (unpaired) electrons. The Labute approximate surface area is 105 Å². The van der Waals surface area contributed by atoms with Crippen molar-refractivity contribution >= 4 is 15.9 Å². The molecule has 0 spiro atoms. The zero-order valence-electron chi connectivity index (χ0n) is 9.45. The third kappa shape index (κ3) is 2.81. The second-order valence-corrected chi connectivity index (χ2v) is 5.01. The van der Waals surface area contributed by atoms with E-state index in [9.17, 15) is 0 Å². The fourth-order valence-electron chi connectivity index (χ4n) is 2.19. The van der Waals surface area contributed by atoms with E-state index in [2.05, 4.69) is 39.2 Å². The summed E-state index contributed by atoms with van der Waals surface area (Å²) in [7, 11) is 0. The van der Waals surface area contributed by atoms with Crippen LogP contribution in [0.3, 0.4) is 0 Å². The molecule has 0 bridgehead atoms. The van der Waals surface area contributed by atoms with Crippen LogP contribution in [-0.2, 0) is 4.74 Å². The Morgan fingerprint density at radius 3 is 3.12 bits per heavy atom. The van der Waals surface area contributed by atoms with E-state index in [1.807, 2.05) is 12.4 Å². The minimum Gasteiger partial charge on any atom is -0.381 e. The summed E-state index contributed by atoms with van der Waals surface area (Å²) < 4.78 is 6.50. The number of aromatic nitrogens is 1. The van der Waals surface area contributed by atoms with Gasteiger partial charge in [0.25, 0.3) is 0 Å². The maximum absolute atomic E-state index is 5.46. The average molecular weight is 285 g/mol. The van der Waals surface area contributed by atoms with Gasteiger partial charge in [0.1, 0.15) is 0 Å². The highest BCUT2D eigenvalue weighted by Gasteiger charge is 2.26. The van der Waals surface area contributed by atoms with Crippen LogP contribution >= 0.6 is 15.9 Å². The lowest BCUT2D eigenvalue weighted by Crippen LogP contribution is -2.28. The van der Waals surface area contributed by atoms with Crippen molar-refractivity contribution < 1.29 is 4.74 Å². The van der Waals surface area contributed by atoms with Crippen molar-refractivity contribution in [2.24, 2.45) is 5.92 Å². The molecule has 0 aromatic carbocycles. The number of nitrogens with zero attached hydrogens (tertiary/aromatic N) is 1. The lowest BCUT2D eigenvalue weighted by Gasteiger charge is -2.23. The third-order valence-electron chi connectivity index (χ3n) is 2.95. The van der Waals surface area contributed by atoms with Gasteiger partial charge in [0.15, 0.2) is 0 Å². The number of ether oxygens (including phenoxy) is 1. The number of hydrogen-bond acceptors (Lipinski definition) is 3. The van der Waals surface area contributed by atoms with E-state index < -0.39 is 0 Å².